The third-order valence-electron chi connectivity index (χ3n) is 4.66. The molecule has 1 heterocycles. The molecule has 0 radical (unpaired) electrons. The van der Waals surface area contributed by atoms with Crippen molar-refractivity contribution in [2.75, 3.05) is 20.1 Å². The molecule has 2 aromatic rings. The van der Waals surface area contributed by atoms with Gasteiger partial charge in [-0.2, -0.15) is 0 Å². The summed E-state index contributed by atoms with van der Waals surface area (Å²) < 4.78 is 6.30. The van der Waals surface area contributed by atoms with Crippen LogP contribution in [-0.2, 0) is 9.59 Å². The Morgan fingerprint density at radius 2 is 1.59 bits per heavy atom. The van der Waals surface area contributed by atoms with Gasteiger partial charge in [0.05, 0.1) is 0 Å². The number of piperidine rings is 1. The molecule has 2 atom stereocenters. The summed E-state index contributed by atoms with van der Waals surface area (Å²) in [5.41, 5.74) is 2.64. The van der Waals surface area contributed by atoms with Crippen LogP contribution in [0.25, 0.3) is 0 Å². The molecular weight excluding hydrogens is 370 g/mol. The van der Waals surface area contributed by atoms with Gasteiger partial charge in [-0.05, 0) is 38.1 Å². The van der Waals surface area contributed by atoms with Gasteiger partial charge in [0.15, 0.2) is 0 Å². The molecule has 0 aromatic heterocycles. The summed E-state index contributed by atoms with van der Waals surface area (Å²) in [5, 5.41) is 15.6. The van der Waals surface area contributed by atoms with Crippen LogP contribution >= 0.6 is 0 Å². The zero-order chi connectivity index (χ0) is 21.2. The summed E-state index contributed by atoms with van der Waals surface area (Å²) in [5.74, 6) is -1.10. The summed E-state index contributed by atoms with van der Waals surface area (Å²) >= 11 is 0. The van der Waals surface area contributed by atoms with E-state index in [0.29, 0.717) is 18.1 Å². The van der Waals surface area contributed by atoms with E-state index < -0.39 is 11.9 Å². The first-order chi connectivity index (χ1) is 13.8. The van der Waals surface area contributed by atoms with E-state index in [9.17, 15) is 9.59 Å². The van der Waals surface area contributed by atoms with E-state index in [2.05, 4.69) is 73.5 Å². The molecule has 1 aliphatic rings. The summed E-state index contributed by atoms with van der Waals surface area (Å²) in [7, 11) is 2.19. The van der Waals surface area contributed by atoms with E-state index >= 15 is 0 Å². The molecule has 154 valence electrons. The van der Waals surface area contributed by atoms with Gasteiger partial charge in [-0.3, -0.25) is 0 Å². The maximum atomic E-state index is 9.55. The Morgan fingerprint density at radius 1 is 1.00 bits per heavy atom. The van der Waals surface area contributed by atoms with Crippen LogP contribution in [0.5, 0.6) is 5.75 Å². The lowest BCUT2D eigenvalue weighted by Crippen LogP contribution is -2.42. The van der Waals surface area contributed by atoms with Gasteiger partial charge in [-0.1, -0.05) is 48.0 Å². The first-order valence-corrected chi connectivity index (χ1v) is 9.46. The minimum Gasteiger partial charge on any atom is -0.490 e. The molecule has 2 N–H and O–H groups in total. The number of aryl methyl sites for hydroxylation is 1. The van der Waals surface area contributed by atoms with Crippen LogP contribution in [-0.4, -0.2) is 53.3 Å². The molecule has 6 heteroatoms. The lowest BCUT2D eigenvalue weighted by Gasteiger charge is -2.37. The Labute approximate surface area is 171 Å². The van der Waals surface area contributed by atoms with Crippen molar-refractivity contribution in [2.24, 2.45) is 0 Å². The van der Waals surface area contributed by atoms with E-state index in [0.717, 1.165) is 25.3 Å². The van der Waals surface area contributed by atoms with E-state index in [4.69, 9.17) is 14.9 Å². The number of hydrogen-bond acceptors (Lipinski definition) is 4. The third-order valence-corrected chi connectivity index (χ3v) is 4.66. The lowest BCUT2D eigenvalue weighted by atomic mass is 9.88. The Hall–Kier alpha value is -3.12. The number of likely N-dealkylation sites (N-methyl/N-ethyl adjacent to an activating group) is 1. The van der Waals surface area contributed by atoms with Crippen LogP contribution in [0.4, 0.5) is 0 Å². The largest absolute Gasteiger partial charge is 0.490 e. The van der Waals surface area contributed by atoms with Crippen molar-refractivity contribution in [3.63, 3.8) is 0 Å². The van der Waals surface area contributed by atoms with Gasteiger partial charge in [0.2, 0.25) is 0 Å². The summed E-state index contributed by atoms with van der Waals surface area (Å²) in [6.07, 6.45) is 2.44. The first-order valence-electron chi connectivity index (χ1n) is 9.46. The summed E-state index contributed by atoms with van der Waals surface area (Å²) in [6, 6.07) is 19.1. The van der Waals surface area contributed by atoms with Crippen LogP contribution in [0.3, 0.4) is 0 Å². The second-order valence-corrected chi connectivity index (χ2v) is 7.05. The van der Waals surface area contributed by atoms with Crippen molar-refractivity contribution in [3.8, 4) is 5.75 Å². The molecule has 1 saturated heterocycles. The smallest absolute Gasteiger partial charge is 0.328 e. The molecule has 0 saturated carbocycles. The molecule has 0 aliphatic carbocycles. The standard InChI is InChI=1S/C19H23NO.C4H4O4/c1-15-8-10-17(11-9-15)21-19-12-13-20(2)14-18(19)16-6-4-3-5-7-16;5-3(6)1-2-4(7)8/h3-11,18-19H,12-14H2,1-2H3;1-2H,(H,5,6)(H,7,8)/b;2-1-/t18-,19+;/m0./s1. The summed E-state index contributed by atoms with van der Waals surface area (Å²) in [6.45, 7) is 4.26. The quantitative estimate of drug-likeness (QED) is 0.750. The molecule has 3 rings (SSSR count). The Balaban J connectivity index is 0.000000321. The molecule has 1 aliphatic heterocycles. The molecule has 0 bridgehead atoms. The van der Waals surface area contributed by atoms with Crippen molar-refractivity contribution in [1.82, 2.24) is 4.90 Å². The second-order valence-electron chi connectivity index (χ2n) is 7.05. The molecule has 0 unspecified atom stereocenters. The van der Waals surface area contributed by atoms with Crippen molar-refractivity contribution in [3.05, 3.63) is 77.9 Å². The minimum atomic E-state index is -1.26. The van der Waals surface area contributed by atoms with Gasteiger partial charge < -0.3 is 19.8 Å². The van der Waals surface area contributed by atoms with Gasteiger partial charge in [0.25, 0.3) is 0 Å². The third kappa shape index (κ3) is 7.79. The van der Waals surface area contributed by atoms with Crippen molar-refractivity contribution in [2.45, 2.75) is 25.4 Å². The summed E-state index contributed by atoms with van der Waals surface area (Å²) in [4.78, 5) is 21.5. The number of ether oxygens (including phenoxy) is 1. The molecule has 0 amide bonds. The topological polar surface area (TPSA) is 87.1 Å². The number of likely N-dealkylation sites (tertiary alicyclic amines) is 1. The van der Waals surface area contributed by atoms with Gasteiger partial charge in [-0.25, -0.2) is 9.59 Å². The number of hydrogen-bond donors (Lipinski definition) is 2. The average molecular weight is 397 g/mol. The van der Waals surface area contributed by atoms with Gasteiger partial charge in [0, 0.05) is 31.2 Å². The molecule has 1 fully saturated rings. The maximum absolute atomic E-state index is 9.55. The number of benzene rings is 2. The molecule has 29 heavy (non-hydrogen) atoms. The molecule has 0 spiro atoms. The monoisotopic (exact) mass is 397 g/mol. The molecule has 6 nitrogen and oxygen atoms in total. The number of carboxylic acid groups (broad SMARTS) is 2. The van der Waals surface area contributed by atoms with Crippen molar-refractivity contribution >= 4 is 11.9 Å². The molecule has 2 aromatic carbocycles. The predicted octanol–water partition coefficient (Wildman–Crippen LogP) is 3.57. The normalized spacial score (nSPS) is 19.2. The van der Waals surface area contributed by atoms with Crippen LogP contribution in [0.1, 0.15) is 23.5 Å². The number of nitrogens with zero attached hydrogens (tertiary/aromatic N) is 1. The highest BCUT2D eigenvalue weighted by molar-refractivity contribution is 5.89. The highest BCUT2D eigenvalue weighted by atomic mass is 16.5. The van der Waals surface area contributed by atoms with E-state index in [1.165, 1.54) is 11.1 Å². The number of aliphatic carboxylic acids is 2. The predicted molar refractivity (Wildman–Crippen MR) is 111 cm³/mol. The Morgan fingerprint density at radius 3 is 2.14 bits per heavy atom. The second kappa shape index (κ2) is 11.0. The Kier molecular flexibility index (Phi) is 8.43. The zero-order valence-corrected chi connectivity index (χ0v) is 16.7. The molecular formula is C23H27NO5. The Bertz CT molecular complexity index is 801. The average Bonchev–Trinajstić information content (AvgIpc) is 2.70. The fourth-order valence-electron chi connectivity index (χ4n) is 3.19. The zero-order valence-electron chi connectivity index (χ0n) is 16.7. The SMILES string of the molecule is Cc1ccc(O[C@@H]2CCN(C)C[C@H]2c2ccccc2)cc1.O=C(O)/C=C\C(=O)O. The fourth-order valence-corrected chi connectivity index (χ4v) is 3.19. The van der Waals surface area contributed by atoms with Crippen LogP contribution in [0.15, 0.2) is 66.7 Å². The van der Waals surface area contributed by atoms with Crippen LogP contribution in [0, 0.1) is 6.92 Å². The lowest BCUT2D eigenvalue weighted by molar-refractivity contribution is -0.134. The van der Waals surface area contributed by atoms with Gasteiger partial charge in [-0.15, -0.1) is 0 Å². The van der Waals surface area contributed by atoms with Gasteiger partial charge in [0.1, 0.15) is 11.9 Å². The highest BCUT2D eigenvalue weighted by Crippen LogP contribution is 2.30. The van der Waals surface area contributed by atoms with Crippen LogP contribution in [0.2, 0.25) is 0 Å². The maximum Gasteiger partial charge on any atom is 0.328 e. The van der Waals surface area contributed by atoms with E-state index in [1.807, 2.05) is 0 Å². The van der Waals surface area contributed by atoms with Gasteiger partial charge >= 0.3 is 11.9 Å². The first kappa shape index (κ1) is 22.2. The number of rotatable bonds is 5. The van der Waals surface area contributed by atoms with Crippen molar-refractivity contribution in [1.29, 1.82) is 0 Å². The fraction of sp³-hybridized carbons (Fsp3) is 0.304. The van der Waals surface area contributed by atoms with E-state index in [-0.39, 0.29) is 6.10 Å². The number of carbonyl (C=O) groups is 2. The highest BCUT2D eigenvalue weighted by Gasteiger charge is 2.30. The van der Waals surface area contributed by atoms with Crippen molar-refractivity contribution < 1.29 is 24.5 Å². The van der Waals surface area contributed by atoms with E-state index in [1.54, 1.807) is 0 Å². The minimum absolute atomic E-state index is 0.256. The van der Waals surface area contributed by atoms with Crippen LogP contribution < -0.4 is 4.74 Å². The number of carboxylic acids is 2.